The van der Waals surface area contributed by atoms with E-state index in [1.807, 2.05) is 0 Å². The number of hydrogen-bond donors (Lipinski definition) is 1. The summed E-state index contributed by atoms with van der Waals surface area (Å²) in [5.74, 6) is 1.63. The fourth-order valence-corrected chi connectivity index (χ4v) is 3.35. The fourth-order valence-electron chi connectivity index (χ4n) is 3.35. The first-order valence-corrected chi connectivity index (χ1v) is 6.93. The predicted octanol–water partition coefficient (Wildman–Crippen LogP) is 1.52. The standard InChI is InChI=1S/C14H30N2O/c1-11(2)13(10-17)14(15(3)4)12-7-6-8-16(5)9-12/h11-14,17H,6-10H2,1-5H3. The molecule has 3 unspecified atom stereocenters. The van der Waals surface area contributed by atoms with Crippen molar-refractivity contribution < 1.29 is 5.11 Å². The van der Waals surface area contributed by atoms with Gasteiger partial charge in [0.1, 0.15) is 0 Å². The monoisotopic (exact) mass is 242 g/mol. The van der Waals surface area contributed by atoms with Crippen LogP contribution in [0.15, 0.2) is 0 Å². The summed E-state index contributed by atoms with van der Waals surface area (Å²) in [6, 6.07) is 0.503. The number of hydrogen-bond acceptors (Lipinski definition) is 3. The lowest BCUT2D eigenvalue weighted by molar-refractivity contribution is 0.0354. The Hall–Kier alpha value is -0.120. The molecule has 0 aromatic carbocycles. The van der Waals surface area contributed by atoms with E-state index in [9.17, 15) is 5.11 Å². The summed E-state index contributed by atoms with van der Waals surface area (Å²) in [5, 5.41) is 9.67. The van der Waals surface area contributed by atoms with Crippen molar-refractivity contribution in [1.29, 1.82) is 0 Å². The number of rotatable bonds is 5. The molecule has 0 aromatic heterocycles. The molecular formula is C14H30N2O. The Kier molecular flexibility index (Phi) is 5.90. The third-order valence-electron chi connectivity index (χ3n) is 4.25. The van der Waals surface area contributed by atoms with Gasteiger partial charge in [0, 0.05) is 25.1 Å². The minimum Gasteiger partial charge on any atom is -0.396 e. The van der Waals surface area contributed by atoms with Crippen molar-refractivity contribution >= 4 is 0 Å². The Morgan fingerprint density at radius 3 is 2.41 bits per heavy atom. The highest BCUT2D eigenvalue weighted by molar-refractivity contribution is 4.88. The highest BCUT2D eigenvalue weighted by Gasteiger charge is 2.34. The normalized spacial score (nSPS) is 26.5. The van der Waals surface area contributed by atoms with Crippen molar-refractivity contribution in [1.82, 2.24) is 9.80 Å². The van der Waals surface area contributed by atoms with Crippen molar-refractivity contribution in [3.8, 4) is 0 Å². The molecule has 1 N–H and O–H groups in total. The first-order chi connectivity index (χ1) is 7.97. The van der Waals surface area contributed by atoms with E-state index in [0.29, 0.717) is 30.4 Å². The van der Waals surface area contributed by atoms with Gasteiger partial charge >= 0.3 is 0 Å². The molecule has 0 amide bonds. The summed E-state index contributed by atoms with van der Waals surface area (Å²) < 4.78 is 0. The molecule has 0 spiro atoms. The molecule has 1 heterocycles. The molecule has 1 aliphatic heterocycles. The molecule has 102 valence electrons. The molecule has 0 aliphatic carbocycles. The first kappa shape index (κ1) is 14.9. The van der Waals surface area contributed by atoms with Gasteiger partial charge < -0.3 is 14.9 Å². The number of piperidine rings is 1. The molecule has 0 saturated carbocycles. The van der Waals surface area contributed by atoms with Crippen LogP contribution in [0.5, 0.6) is 0 Å². The Morgan fingerprint density at radius 1 is 1.35 bits per heavy atom. The number of likely N-dealkylation sites (tertiary alicyclic amines) is 1. The van der Waals surface area contributed by atoms with E-state index < -0.39 is 0 Å². The molecule has 3 heteroatoms. The van der Waals surface area contributed by atoms with Gasteiger partial charge in [0.05, 0.1) is 0 Å². The maximum atomic E-state index is 9.67. The summed E-state index contributed by atoms with van der Waals surface area (Å²) >= 11 is 0. The van der Waals surface area contributed by atoms with Crippen molar-refractivity contribution in [2.75, 3.05) is 40.8 Å². The second kappa shape index (κ2) is 6.72. The average Bonchev–Trinajstić information content (AvgIpc) is 2.24. The van der Waals surface area contributed by atoms with E-state index in [-0.39, 0.29) is 0 Å². The fraction of sp³-hybridized carbons (Fsp3) is 1.00. The Labute approximate surface area is 107 Å². The lowest BCUT2D eigenvalue weighted by Crippen LogP contribution is -2.50. The summed E-state index contributed by atoms with van der Waals surface area (Å²) in [6.45, 7) is 7.16. The minimum atomic E-state index is 0.306. The maximum Gasteiger partial charge on any atom is 0.0476 e. The van der Waals surface area contributed by atoms with Crippen molar-refractivity contribution in [2.24, 2.45) is 17.8 Å². The molecule has 0 aromatic rings. The first-order valence-electron chi connectivity index (χ1n) is 6.93. The van der Waals surface area contributed by atoms with Crippen LogP contribution in [-0.2, 0) is 0 Å². The van der Waals surface area contributed by atoms with Crippen LogP contribution in [0.3, 0.4) is 0 Å². The zero-order valence-corrected chi connectivity index (χ0v) is 12.2. The average molecular weight is 242 g/mol. The molecular weight excluding hydrogens is 212 g/mol. The highest BCUT2D eigenvalue weighted by Crippen LogP contribution is 2.29. The van der Waals surface area contributed by atoms with Gasteiger partial charge in [0.15, 0.2) is 0 Å². The van der Waals surface area contributed by atoms with Crippen LogP contribution in [0.4, 0.5) is 0 Å². The lowest BCUT2D eigenvalue weighted by Gasteiger charge is -2.43. The van der Waals surface area contributed by atoms with Crippen LogP contribution in [0, 0.1) is 17.8 Å². The van der Waals surface area contributed by atoms with E-state index in [0.717, 1.165) is 0 Å². The number of aliphatic hydroxyl groups is 1. The molecule has 17 heavy (non-hydrogen) atoms. The SMILES string of the molecule is CC(C)C(CO)C(C1CCCN(C)C1)N(C)C. The topological polar surface area (TPSA) is 26.7 Å². The Morgan fingerprint density at radius 2 is 2.00 bits per heavy atom. The molecule has 3 atom stereocenters. The van der Waals surface area contributed by atoms with Gasteiger partial charge in [0.2, 0.25) is 0 Å². The van der Waals surface area contributed by atoms with Gasteiger partial charge in [-0.05, 0) is 52.4 Å². The van der Waals surface area contributed by atoms with E-state index in [1.165, 1.54) is 25.9 Å². The second-order valence-electron chi connectivity index (χ2n) is 6.21. The molecule has 1 aliphatic rings. The molecule has 1 fully saturated rings. The van der Waals surface area contributed by atoms with Crippen LogP contribution in [-0.4, -0.2) is 61.8 Å². The third kappa shape index (κ3) is 3.94. The Balaban J connectivity index is 2.76. The van der Waals surface area contributed by atoms with Gasteiger partial charge in [0.25, 0.3) is 0 Å². The van der Waals surface area contributed by atoms with Gasteiger partial charge in [-0.2, -0.15) is 0 Å². The third-order valence-corrected chi connectivity index (χ3v) is 4.25. The van der Waals surface area contributed by atoms with Crippen LogP contribution >= 0.6 is 0 Å². The van der Waals surface area contributed by atoms with Gasteiger partial charge in [-0.25, -0.2) is 0 Å². The predicted molar refractivity (Wildman–Crippen MR) is 73.1 cm³/mol. The number of nitrogens with zero attached hydrogens (tertiary/aromatic N) is 2. The van der Waals surface area contributed by atoms with E-state index >= 15 is 0 Å². The highest BCUT2D eigenvalue weighted by atomic mass is 16.3. The second-order valence-corrected chi connectivity index (χ2v) is 6.21. The zero-order chi connectivity index (χ0) is 13.0. The molecule has 0 bridgehead atoms. The van der Waals surface area contributed by atoms with Gasteiger partial charge in [-0.15, -0.1) is 0 Å². The van der Waals surface area contributed by atoms with Crippen LogP contribution in [0.2, 0.25) is 0 Å². The van der Waals surface area contributed by atoms with Gasteiger partial charge in [-0.1, -0.05) is 13.8 Å². The summed E-state index contributed by atoms with van der Waals surface area (Å²) in [7, 11) is 6.52. The molecule has 1 saturated heterocycles. The van der Waals surface area contributed by atoms with Crippen molar-refractivity contribution in [3.05, 3.63) is 0 Å². The summed E-state index contributed by atoms with van der Waals surface area (Å²) in [6.07, 6.45) is 2.60. The maximum absolute atomic E-state index is 9.67. The Bertz CT molecular complexity index is 218. The molecule has 3 nitrogen and oxygen atoms in total. The minimum absolute atomic E-state index is 0.306. The largest absolute Gasteiger partial charge is 0.396 e. The van der Waals surface area contributed by atoms with E-state index in [4.69, 9.17) is 0 Å². The molecule has 0 radical (unpaired) electrons. The van der Waals surface area contributed by atoms with Crippen LogP contribution in [0.1, 0.15) is 26.7 Å². The molecule has 1 rings (SSSR count). The van der Waals surface area contributed by atoms with E-state index in [1.54, 1.807) is 0 Å². The summed E-state index contributed by atoms with van der Waals surface area (Å²) in [5.41, 5.74) is 0. The number of aliphatic hydroxyl groups excluding tert-OH is 1. The zero-order valence-electron chi connectivity index (χ0n) is 12.2. The van der Waals surface area contributed by atoms with Gasteiger partial charge in [-0.3, -0.25) is 0 Å². The lowest BCUT2D eigenvalue weighted by atomic mass is 9.78. The van der Waals surface area contributed by atoms with E-state index in [2.05, 4.69) is 44.8 Å². The van der Waals surface area contributed by atoms with Crippen molar-refractivity contribution in [2.45, 2.75) is 32.7 Å². The smallest absolute Gasteiger partial charge is 0.0476 e. The summed E-state index contributed by atoms with van der Waals surface area (Å²) in [4.78, 5) is 4.75. The van der Waals surface area contributed by atoms with Crippen LogP contribution in [0.25, 0.3) is 0 Å². The quantitative estimate of drug-likeness (QED) is 0.792. The van der Waals surface area contributed by atoms with Crippen LogP contribution < -0.4 is 0 Å². The van der Waals surface area contributed by atoms with Crippen molar-refractivity contribution in [3.63, 3.8) is 0 Å².